The fourth-order valence-corrected chi connectivity index (χ4v) is 2.79. The van der Waals surface area contributed by atoms with Gasteiger partial charge in [-0.05, 0) is 47.6 Å². The number of hydrogen-bond acceptors (Lipinski definition) is 3. The van der Waals surface area contributed by atoms with Crippen molar-refractivity contribution in [2.24, 2.45) is 0 Å². The molecule has 72 valence electrons. The maximum absolute atomic E-state index is 10.8. The number of ether oxygens (including phenoxy) is 1. The second-order valence-electron chi connectivity index (χ2n) is 2.64. The molecule has 0 unspecified atom stereocenters. The Balaban J connectivity index is 2.24. The van der Waals surface area contributed by atoms with Crippen LogP contribution in [0.3, 0.4) is 0 Å². The average Bonchev–Trinajstić information content (AvgIpc) is 2.51. The van der Waals surface area contributed by atoms with Gasteiger partial charge in [0, 0.05) is 11.3 Å². The van der Waals surface area contributed by atoms with Crippen LogP contribution in [0, 0.1) is 2.88 Å². The highest BCUT2D eigenvalue weighted by atomic mass is 127. The molecule has 0 aliphatic carbocycles. The Labute approximate surface area is 95.4 Å². The van der Waals surface area contributed by atoms with E-state index in [2.05, 4.69) is 39.5 Å². The average molecular weight is 310 g/mol. The summed E-state index contributed by atoms with van der Waals surface area (Å²) in [5.41, 5.74) is 0. The monoisotopic (exact) mass is 310 g/mol. The predicted octanol–water partition coefficient (Wildman–Crippen LogP) is 2.85. The first-order valence-electron chi connectivity index (χ1n) is 4.03. The lowest BCUT2D eigenvalue weighted by molar-refractivity contribution is -0.140. The molecule has 0 aliphatic rings. The van der Waals surface area contributed by atoms with E-state index < -0.39 is 0 Å². The molecule has 0 N–H and O–H groups in total. The van der Waals surface area contributed by atoms with E-state index in [0.717, 1.165) is 12.8 Å². The van der Waals surface area contributed by atoms with Crippen LogP contribution in [0.1, 0.15) is 17.7 Å². The Hall–Kier alpha value is -0.100. The molecule has 4 heteroatoms. The van der Waals surface area contributed by atoms with Crippen LogP contribution in [0.2, 0.25) is 0 Å². The van der Waals surface area contributed by atoms with E-state index >= 15 is 0 Å². The van der Waals surface area contributed by atoms with Gasteiger partial charge in [-0.1, -0.05) is 0 Å². The third-order valence-corrected chi connectivity index (χ3v) is 3.61. The number of halogens is 1. The summed E-state index contributed by atoms with van der Waals surface area (Å²) >= 11 is 4.08. The van der Waals surface area contributed by atoms with Crippen molar-refractivity contribution in [1.29, 1.82) is 0 Å². The van der Waals surface area contributed by atoms with Gasteiger partial charge in [-0.3, -0.25) is 4.79 Å². The van der Waals surface area contributed by atoms with Crippen molar-refractivity contribution in [3.63, 3.8) is 0 Å². The molecule has 1 aromatic rings. The number of esters is 1. The molecule has 0 atom stereocenters. The zero-order valence-corrected chi connectivity index (χ0v) is 10.4. The molecule has 13 heavy (non-hydrogen) atoms. The van der Waals surface area contributed by atoms with Gasteiger partial charge >= 0.3 is 5.97 Å². The van der Waals surface area contributed by atoms with Crippen molar-refractivity contribution in [1.82, 2.24) is 0 Å². The van der Waals surface area contributed by atoms with E-state index in [1.165, 1.54) is 14.9 Å². The van der Waals surface area contributed by atoms with E-state index in [1.54, 1.807) is 11.3 Å². The number of carbonyl (C=O) groups excluding carboxylic acids is 1. The number of hydrogen-bond donors (Lipinski definition) is 0. The highest BCUT2D eigenvalue weighted by Gasteiger charge is 2.01. The summed E-state index contributed by atoms with van der Waals surface area (Å²) in [4.78, 5) is 12.1. The minimum Gasteiger partial charge on any atom is -0.469 e. The predicted molar refractivity (Wildman–Crippen MR) is 62.0 cm³/mol. The Bertz CT molecular complexity index is 283. The summed E-state index contributed by atoms with van der Waals surface area (Å²) in [6.07, 6.45) is 2.37. The van der Waals surface area contributed by atoms with Gasteiger partial charge in [-0.15, -0.1) is 11.3 Å². The SMILES string of the molecule is COC(=O)CCCc1ccc(I)s1. The summed E-state index contributed by atoms with van der Waals surface area (Å²) in [7, 11) is 1.43. The third kappa shape index (κ3) is 4.08. The van der Waals surface area contributed by atoms with Gasteiger partial charge in [-0.2, -0.15) is 0 Å². The Morgan fingerprint density at radius 3 is 2.92 bits per heavy atom. The van der Waals surface area contributed by atoms with Crippen LogP contribution in [0.4, 0.5) is 0 Å². The number of thiophene rings is 1. The van der Waals surface area contributed by atoms with Gasteiger partial charge in [0.25, 0.3) is 0 Å². The molecule has 1 heterocycles. The minimum absolute atomic E-state index is 0.119. The fraction of sp³-hybridized carbons (Fsp3) is 0.444. The fourth-order valence-electron chi connectivity index (χ4n) is 0.995. The molecular formula is C9H11IO2S. The van der Waals surface area contributed by atoms with Crippen molar-refractivity contribution < 1.29 is 9.53 Å². The Morgan fingerprint density at radius 1 is 1.62 bits per heavy atom. The molecule has 1 aromatic heterocycles. The number of methoxy groups -OCH3 is 1. The first kappa shape index (κ1) is 11.0. The summed E-state index contributed by atoms with van der Waals surface area (Å²) < 4.78 is 5.85. The standard InChI is InChI=1S/C9H11IO2S/c1-12-9(11)4-2-3-7-5-6-8(10)13-7/h5-6H,2-4H2,1H3. The van der Waals surface area contributed by atoms with E-state index in [1.807, 2.05) is 0 Å². The summed E-state index contributed by atoms with van der Waals surface area (Å²) in [6.45, 7) is 0. The van der Waals surface area contributed by atoms with Crippen LogP contribution in [0.15, 0.2) is 12.1 Å². The van der Waals surface area contributed by atoms with Gasteiger partial charge < -0.3 is 4.74 Å². The highest BCUT2D eigenvalue weighted by molar-refractivity contribution is 14.1. The molecule has 2 nitrogen and oxygen atoms in total. The molecule has 0 saturated carbocycles. The van der Waals surface area contributed by atoms with Crippen molar-refractivity contribution in [2.45, 2.75) is 19.3 Å². The Kier molecular flexibility index (Phi) is 4.72. The molecule has 0 aliphatic heterocycles. The van der Waals surface area contributed by atoms with Gasteiger partial charge in [0.1, 0.15) is 0 Å². The summed E-state index contributed by atoms with van der Waals surface area (Å²) in [6, 6.07) is 4.21. The van der Waals surface area contributed by atoms with Crippen LogP contribution >= 0.6 is 33.9 Å². The first-order chi connectivity index (χ1) is 6.22. The third-order valence-electron chi connectivity index (χ3n) is 1.66. The summed E-state index contributed by atoms with van der Waals surface area (Å²) in [5, 5.41) is 0. The Morgan fingerprint density at radius 2 is 2.38 bits per heavy atom. The molecule has 0 aromatic carbocycles. The smallest absolute Gasteiger partial charge is 0.305 e. The van der Waals surface area contributed by atoms with Gasteiger partial charge in [0.05, 0.1) is 9.99 Å². The van der Waals surface area contributed by atoms with Crippen LogP contribution in [0.5, 0.6) is 0 Å². The highest BCUT2D eigenvalue weighted by Crippen LogP contribution is 2.19. The molecule has 0 amide bonds. The van der Waals surface area contributed by atoms with E-state index in [4.69, 9.17) is 0 Å². The number of aryl methyl sites for hydroxylation is 1. The van der Waals surface area contributed by atoms with Gasteiger partial charge in [0.15, 0.2) is 0 Å². The van der Waals surface area contributed by atoms with Crippen molar-refractivity contribution in [2.75, 3.05) is 7.11 Å². The molecule has 1 rings (SSSR count). The normalized spacial score (nSPS) is 10.0. The zero-order valence-electron chi connectivity index (χ0n) is 7.38. The maximum Gasteiger partial charge on any atom is 0.305 e. The molecule has 0 spiro atoms. The first-order valence-corrected chi connectivity index (χ1v) is 5.93. The van der Waals surface area contributed by atoms with Crippen LogP contribution < -0.4 is 0 Å². The molecular weight excluding hydrogens is 299 g/mol. The van der Waals surface area contributed by atoms with Crippen LogP contribution in [0.25, 0.3) is 0 Å². The van der Waals surface area contributed by atoms with Crippen molar-refractivity contribution >= 4 is 39.9 Å². The number of rotatable bonds is 4. The topological polar surface area (TPSA) is 26.3 Å². The quantitative estimate of drug-likeness (QED) is 0.631. The van der Waals surface area contributed by atoms with E-state index in [0.29, 0.717) is 6.42 Å². The summed E-state index contributed by atoms with van der Waals surface area (Å²) in [5.74, 6) is -0.119. The van der Waals surface area contributed by atoms with Crippen molar-refractivity contribution in [3.8, 4) is 0 Å². The second kappa shape index (κ2) is 5.59. The second-order valence-corrected chi connectivity index (χ2v) is 5.70. The lowest BCUT2D eigenvalue weighted by Gasteiger charge is -1.97. The lowest BCUT2D eigenvalue weighted by Crippen LogP contribution is -1.99. The lowest BCUT2D eigenvalue weighted by atomic mass is 10.2. The molecule has 0 bridgehead atoms. The van der Waals surface area contributed by atoms with Crippen LogP contribution in [-0.4, -0.2) is 13.1 Å². The van der Waals surface area contributed by atoms with Gasteiger partial charge in [-0.25, -0.2) is 0 Å². The molecule has 0 radical (unpaired) electrons. The zero-order chi connectivity index (χ0) is 9.68. The molecule has 0 saturated heterocycles. The van der Waals surface area contributed by atoms with Gasteiger partial charge in [0.2, 0.25) is 0 Å². The van der Waals surface area contributed by atoms with E-state index in [-0.39, 0.29) is 5.97 Å². The van der Waals surface area contributed by atoms with Crippen LogP contribution in [-0.2, 0) is 16.0 Å². The molecule has 0 fully saturated rings. The largest absolute Gasteiger partial charge is 0.469 e. The van der Waals surface area contributed by atoms with Crippen molar-refractivity contribution in [3.05, 3.63) is 19.9 Å². The number of carbonyl (C=O) groups is 1. The van der Waals surface area contributed by atoms with E-state index in [9.17, 15) is 4.79 Å². The minimum atomic E-state index is -0.119. The maximum atomic E-state index is 10.8.